The predicted molar refractivity (Wildman–Crippen MR) is 110 cm³/mol. The number of halogens is 2. The first-order chi connectivity index (χ1) is 13.5. The van der Waals surface area contributed by atoms with Gasteiger partial charge in [0.1, 0.15) is 5.82 Å². The molecular weight excluding hydrogens is 399 g/mol. The smallest absolute Gasteiger partial charge is 0.255 e. The first kappa shape index (κ1) is 20.7. The topological polar surface area (TPSA) is 40.6 Å². The molecule has 1 heterocycles. The van der Waals surface area contributed by atoms with E-state index in [0.717, 1.165) is 30.8 Å². The van der Waals surface area contributed by atoms with Crippen LogP contribution in [-0.2, 0) is 11.3 Å². The summed E-state index contributed by atoms with van der Waals surface area (Å²) in [7, 11) is 1.61. The van der Waals surface area contributed by atoms with Gasteiger partial charge in [0.05, 0.1) is 11.3 Å². The van der Waals surface area contributed by atoms with Gasteiger partial charge < -0.3 is 9.80 Å². The third kappa shape index (κ3) is 4.86. The molecule has 2 aromatic carbocycles. The summed E-state index contributed by atoms with van der Waals surface area (Å²) in [4.78, 5) is 29.3. The summed E-state index contributed by atoms with van der Waals surface area (Å²) in [6.45, 7) is 1.69. The molecule has 7 heteroatoms. The van der Waals surface area contributed by atoms with Gasteiger partial charge in [0, 0.05) is 42.2 Å². The molecule has 3 rings (SSSR count). The number of carbonyl (C=O) groups excluding carboxylic acids is 2. The molecule has 0 bridgehead atoms. The van der Waals surface area contributed by atoms with Crippen molar-refractivity contribution in [3.63, 3.8) is 0 Å². The molecule has 1 saturated heterocycles. The van der Waals surface area contributed by atoms with Crippen LogP contribution < -0.4 is 0 Å². The summed E-state index contributed by atoms with van der Waals surface area (Å²) in [6, 6.07) is 11.6. The van der Waals surface area contributed by atoms with Gasteiger partial charge in [-0.15, -0.1) is 11.8 Å². The highest BCUT2D eigenvalue weighted by molar-refractivity contribution is 8.00. The molecule has 0 atom stereocenters. The Bertz CT molecular complexity index is 851. The average molecular weight is 421 g/mol. The lowest BCUT2D eigenvalue weighted by atomic mass is 10.1. The number of thioether (sulfide) groups is 1. The lowest BCUT2D eigenvalue weighted by Gasteiger charge is -2.20. The molecular formula is C21H22ClFN2O2S. The van der Waals surface area contributed by atoms with Gasteiger partial charge in [-0.3, -0.25) is 9.59 Å². The second-order valence-corrected chi connectivity index (χ2v) is 8.16. The Morgan fingerprint density at radius 3 is 2.57 bits per heavy atom. The summed E-state index contributed by atoms with van der Waals surface area (Å²) in [6.07, 6.45) is 2.10. The molecule has 4 nitrogen and oxygen atoms in total. The van der Waals surface area contributed by atoms with Gasteiger partial charge in [-0.25, -0.2) is 4.39 Å². The summed E-state index contributed by atoms with van der Waals surface area (Å²) in [5.74, 6) is -0.286. The van der Waals surface area contributed by atoms with Crippen LogP contribution >= 0.6 is 23.4 Å². The zero-order chi connectivity index (χ0) is 20.1. The highest BCUT2D eigenvalue weighted by Crippen LogP contribution is 2.26. The molecule has 0 aromatic heterocycles. The van der Waals surface area contributed by atoms with Gasteiger partial charge in [0.25, 0.3) is 5.91 Å². The van der Waals surface area contributed by atoms with E-state index >= 15 is 0 Å². The van der Waals surface area contributed by atoms with E-state index in [1.165, 1.54) is 28.8 Å². The van der Waals surface area contributed by atoms with Crippen molar-refractivity contribution in [2.75, 3.05) is 25.9 Å². The molecule has 0 N–H and O–H groups in total. The van der Waals surface area contributed by atoms with E-state index in [9.17, 15) is 14.0 Å². The van der Waals surface area contributed by atoms with Crippen LogP contribution in [0.25, 0.3) is 0 Å². The third-order valence-electron chi connectivity index (χ3n) is 4.73. The number of hydrogen-bond acceptors (Lipinski definition) is 3. The maximum absolute atomic E-state index is 14.0. The molecule has 0 unspecified atom stereocenters. The summed E-state index contributed by atoms with van der Waals surface area (Å²) in [5.41, 5.74) is 0.783. The standard InChI is InChI=1S/C21H22ClFN2O2S/c1-24(13-16-17(22)8-6-9-18(16)23)21(27)15-7-2-3-10-19(15)28-14-20(26)25-11-4-5-12-25/h2-3,6-10H,4-5,11-14H2,1H3. The quantitative estimate of drug-likeness (QED) is 0.647. The fourth-order valence-corrected chi connectivity index (χ4v) is 4.33. The van der Waals surface area contributed by atoms with E-state index in [2.05, 4.69) is 0 Å². The minimum absolute atomic E-state index is 0.0655. The number of carbonyl (C=O) groups is 2. The van der Waals surface area contributed by atoms with E-state index in [4.69, 9.17) is 11.6 Å². The number of rotatable bonds is 6. The molecule has 2 amide bonds. The predicted octanol–water partition coefficient (Wildman–Crippen LogP) is 4.47. The van der Waals surface area contributed by atoms with E-state index in [-0.39, 0.29) is 23.9 Å². The second kappa shape index (κ2) is 9.43. The highest BCUT2D eigenvalue weighted by Gasteiger charge is 2.21. The Balaban J connectivity index is 1.70. The molecule has 0 saturated carbocycles. The van der Waals surface area contributed by atoms with Crippen molar-refractivity contribution in [3.05, 3.63) is 64.4 Å². The average Bonchev–Trinajstić information content (AvgIpc) is 3.23. The minimum atomic E-state index is -0.439. The van der Waals surface area contributed by atoms with Crippen LogP contribution in [0.1, 0.15) is 28.8 Å². The fraction of sp³-hybridized carbons (Fsp3) is 0.333. The SMILES string of the molecule is CN(Cc1c(F)cccc1Cl)C(=O)c1ccccc1SCC(=O)N1CCCC1. The number of hydrogen-bond donors (Lipinski definition) is 0. The number of benzene rings is 2. The molecule has 28 heavy (non-hydrogen) atoms. The van der Waals surface area contributed by atoms with Gasteiger partial charge in [-0.1, -0.05) is 29.8 Å². The first-order valence-electron chi connectivity index (χ1n) is 9.15. The zero-order valence-corrected chi connectivity index (χ0v) is 17.2. The van der Waals surface area contributed by atoms with Crippen molar-refractivity contribution in [2.45, 2.75) is 24.3 Å². The van der Waals surface area contributed by atoms with E-state index in [0.29, 0.717) is 16.3 Å². The maximum atomic E-state index is 14.0. The first-order valence-corrected chi connectivity index (χ1v) is 10.5. The lowest BCUT2D eigenvalue weighted by molar-refractivity contribution is -0.127. The van der Waals surface area contributed by atoms with Crippen molar-refractivity contribution >= 4 is 35.2 Å². The summed E-state index contributed by atoms with van der Waals surface area (Å²) in [5, 5.41) is 0.290. The Labute approximate surface area is 173 Å². The molecule has 1 fully saturated rings. The van der Waals surface area contributed by atoms with Gasteiger partial charge in [-0.2, -0.15) is 0 Å². The second-order valence-electron chi connectivity index (χ2n) is 6.73. The van der Waals surface area contributed by atoms with Crippen molar-refractivity contribution in [1.82, 2.24) is 9.80 Å². The normalized spacial score (nSPS) is 13.6. The van der Waals surface area contributed by atoms with Gasteiger partial charge in [0.2, 0.25) is 5.91 Å². The summed E-state index contributed by atoms with van der Waals surface area (Å²) >= 11 is 7.44. The Morgan fingerprint density at radius 2 is 1.86 bits per heavy atom. The van der Waals surface area contributed by atoms with Crippen LogP contribution in [0.3, 0.4) is 0 Å². The van der Waals surface area contributed by atoms with Gasteiger partial charge >= 0.3 is 0 Å². The van der Waals surface area contributed by atoms with Crippen molar-refractivity contribution in [1.29, 1.82) is 0 Å². The molecule has 0 spiro atoms. The number of amides is 2. The van der Waals surface area contributed by atoms with Crippen molar-refractivity contribution < 1.29 is 14.0 Å². The Hall–Kier alpha value is -2.05. The lowest BCUT2D eigenvalue weighted by Crippen LogP contribution is -2.29. The Morgan fingerprint density at radius 1 is 1.14 bits per heavy atom. The zero-order valence-electron chi connectivity index (χ0n) is 15.7. The van der Waals surface area contributed by atoms with E-state index < -0.39 is 5.82 Å². The van der Waals surface area contributed by atoms with Crippen LogP contribution in [0, 0.1) is 5.82 Å². The van der Waals surface area contributed by atoms with Crippen LogP contribution in [0.15, 0.2) is 47.4 Å². The summed E-state index contributed by atoms with van der Waals surface area (Å²) < 4.78 is 14.0. The van der Waals surface area contributed by atoms with Gasteiger partial charge in [0.15, 0.2) is 0 Å². The van der Waals surface area contributed by atoms with Crippen molar-refractivity contribution in [2.24, 2.45) is 0 Å². The molecule has 1 aliphatic rings. The largest absolute Gasteiger partial charge is 0.342 e. The molecule has 0 aliphatic carbocycles. The monoisotopic (exact) mass is 420 g/mol. The number of nitrogens with zero attached hydrogens (tertiary/aromatic N) is 2. The molecule has 0 radical (unpaired) electrons. The Kier molecular flexibility index (Phi) is 6.97. The third-order valence-corrected chi connectivity index (χ3v) is 6.14. The minimum Gasteiger partial charge on any atom is -0.342 e. The van der Waals surface area contributed by atoms with Crippen LogP contribution in [0.2, 0.25) is 5.02 Å². The molecule has 148 valence electrons. The van der Waals surface area contributed by atoms with Crippen molar-refractivity contribution in [3.8, 4) is 0 Å². The molecule has 1 aliphatic heterocycles. The highest BCUT2D eigenvalue weighted by atomic mass is 35.5. The van der Waals surface area contributed by atoms with Crippen LogP contribution in [0.4, 0.5) is 4.39 Å². The maximum Gasteiger partial charge on any atom is 0.255 e. The van der Waals surface area contributed by atoms with Crippen LogP contribution in [-0.4, -0.2) is 47.5 Å². The molecule has 2 aromatic rings. The fourth-order valence-electron chi connectivity index (χ4n) is 3.16. The van der Waals surface area contributed by atoms with E-state index in [1.807, 2.05) is 17.0 Å². The van der Waals surface area contributed by atoms with E-state index in [1.54, 1.807) is 25.2 Å². The van der Waals surface area contributed by atoms with Crippen LogP contribution in [0.5, 0.6) is 0 Å². The number of likely N-dealkylation sites (tertiary alicyclic amines) is 1. The van der Waals surface area contributed by atoms with Gasteiger partial charge in [-0.05, 0) is 37.1 Å².